The number of Topliss-reactive ketones (excluding diaryl/α,β-unsaturated/α-hetero) is 3. The summed E-state index contributed by atoms with van der Waals surface area (Å²) < 4.78 is 39.0. The van der Waals surface area contributed by atoms with Crippen LogP contribution in [0.2, 0.25) is 0 Å². The summed E-state index contributed by atoms with van der Waals surface area (Å²) in [6.07, 6.45) is 0.280. The number of methoxy groups -OCH3 is 2. The molecule has 0 aliphatic rings. The van der Waals surface area contributed by atoms with Gasteiger partial charge in [0.05, 0.1) is 53.3 Å². The third-order valence-corrected chi connectivity index (χ3v) is 9.22. The molecule has 2 atom stereocenters. The number of aromatic nitrogens is 1. The smallest absolute Gasteiger partial charge is 0.306 e. The highest BCUT2D eigenvalue weighted by Crippen LogP contribution is 2.40. The number of nitrogens with zero attached hydrogens (tertiary/aromatic N) is 1. The number of pyridine rings is 1. The van der Waals surface area contributed by atoms with Crippen LogP contribution in [0.4, 0.5) is 4.39 Å². The third kappa shape index (κ3) is 7.33. The highest BCUT2D eigenvalue weighted by atomic mass is 32.1. The molecule has 44 heavy (non-hydrogen) atoms. The van der Waals surface area contributed by atoms with Crippen molar-refractivity contribution in [2.45, 2.75) is 40.0 Å². The minimum atomic E-state index is -1.04. The Morgan fingerprint density at radius 2 is 1.45 bits per heavy atom. The number of thiophene rings is 2. The van der Waals surface area contributed by atoms with Crippen molar-refractivity contribution in [3.63, 3.8) is 0 Å². The lowest BCUT2D eigenvalue weighted by molar-refractivity contribution is -0.141. The Hall–Kier alpha value is -4.10. The zero-order valence-electron chi connectivity index (χ0n) is 24.9. The fourth-order valence-electron chi connectivity index (χ4n) is 4.23. The summed E-state index contributed by atoms with van der Waals surface area (Å²) in [5.41, 5.74) is 0.512. The Balaban J connectivity index is 1.41. The van der Waals surface area contributed by atoms with E-state index in [-0.39, 0.29) is 66.2 Å². The standard InChI is InChI=1S/C31H32FNO9S2/c1-15(17(3)34)9-20(35)26-11-18-24(43-26)13-22(39-4)29(28(18)32)41-7-6-8-42-30-23(40-5)14-25-19(33-30)12-27(44-25)21(36)10-16(2)31(37)38/h11-16H,6-10H2,1-5H3,(H,37,38)/t15-,16-/m0/s1. The summed E-state index contributed by atoms with van der Waals surface area (Å²) in [4.78, 5) is 53.1. The lowest BCUT2D eigenvalue weighted by atomic mass is 10.00. The molecule has 13 heteroatoms. The van der Waals surface area contributed by atoms with Crippen LogP contribution < -0.4 is 18.9 Å². The number of carbonyl (C=O) groups excluding carboxylic acids is 3. The van der Waals surface area contributed by atoms with Crippen LogP contribution in [0.1, 0.15) is 59.4 Å². The van der Waals surface area contributed by atoms with Crippen LogP contribution >= 0.6 is 22.7 Å². The van der Waals surface area contributed by atoms with Gasteiger partial charge in [0.25, 0.3) is 5.88 Å². The van der Waals surface area contributed by atoms with Crippen LogP contribution in [-0.4, -0.2) is 60.8 Å². The Morgan fingerprint density at radius 1 is 0.864 bits per heavy atom. The van der Waals surface area contributed by atoms with Crippen molar-refractivity contribution in [3.8, 4) is 23.1 Å². The summed E-state index contributed by atoms with van der Waals surface area (Å²) in [5.74, 6) is -2.84. The van der Waals surface area contributed by atoms with Crippen molar-refractivity contribution in [1.29, 1.82) is 0 Å². The van der Waals surface area contributed by atoms with Gasteiger partial charge in [-0.3, -0.25) is 19.2 Å². The van der Waals surface area contributed by atoms with Crippen LogP contribution in [0.5, 0.6) is 23.1 Å². The van der Waals surface area contributed by atoms with Gasteiger partial charge in [-0.25, -0.2) is 9.37 Å². The molecule has 1 N–H and O–H groups in total. The molecule has 0 saturated heterocycles. The van der Waals surface area contributed by atoms with Crippen molar-refractivity contribution in [3.05, 3.63) is 39.8 Å². The monoisotopic (exact) mass is 645 g/mol. The van der Waals surface area contributed by atoms with Crippen LogP contribution in [0.15, 0.2) is 24.3 Å². The average Bonchev–Trinajstić information content (AvgIpc) is 3.61. The number of aliphatic carboxylic acids is 1. The molecule has 0 amide bonds. The lowest BCUT2D eigenvalue weighted by Crippen LogP contribution is -2.13. The molecule has 3 aromatic heterocycles. The Labute approximate surface area is 260 Å². The fourth-order valence-corrected chi connectivity index (χ4v) is 6.25. The molecule has 0 spiro atoms. The number of benzene rings is 1. The minimum absolute atomic E-state index is 0.0502. The van der Waals surface area contributed by atoms with Crippen LogP contribution in [0.25, 0.3) is 20.3 Å². The van der Waals surface area contributed by atoms with E-state index in [1.165, 1.54) is 45.5 Å². The zero-order chi connectivity index (χ0) is 32.1. The molecule has 10 nitrogen and oxygen atoms in total. The SMILES string of the molecule is COc1cc2sc(C(=O)C[C@H](C)C(=O)O)cc2nc1OCCCOc1c(OC)cc2sc(C(=O)C[C@H](C)C(C)=O)cc2c1F. The Morgan fingerprint density at radius 3 is 2.09 bits per heavy atom. The fraction of sp³-hybridized carbons (Fsp3) is 0.387. The van der Waals surface area contributed by atoms with E-state index in [2.05, 4.69) is 4.98 Å². The summed E-state index contributed by atoms with van der Waals surface area (Å²) in [6, 6.07) is 6.40. The zero-order valence-corrected chi connectivity index (χ0v) is 26.5. The molecule has 234 valence electrons. The number of fused-ring (bicyclic) bond motifs is 2. The molecule has 0 bridgehead atoms. The molecule has 0 saturated carbocycles. The van der Waals surface area contributed by atoms with Gasteiger partial charge in [-0.15, -0.1) is 22.7 Å². The number of carboxylic acids is 1. The van der Waals surface area contributed by atoms with E-state index < -0.39 is 23.6 Å². The maximum atomic E-state index is 15.5. The second kappa shape index (κ2) is 14.1. The molecule has 0 fully saturated rings. The quantitative estimate of drug-likeness (QED) is 0.105. The van der Waals surface area contributed by atoms with Crippen LogP contribution in [0.3, 0.4) is 0 Å². The van der Waals surface area contributed by atoms with E-state index >= 15 is 4.39 Å². The first-order chi connectivity index (χ1) is 20.9. The van der Waals surface area contributed by atoms with Gasteiger partial charge >= 0.3 is 5.97 Å². The minimum Gasteiger partial charge on any atom is -0.493 e. The molecule has 0 aliphatic heterocycles. The van der Waals surface area contributed by atoms with Crippen LogP contribution in [-0.2, 0) is 9.59 Å². The number of rotatable bonds is 16. The second-order valence-corrected chi connectivity index (χ2v) is 12.5. The third-order valence-electron chi connectivity index (χ3n) is 6.98. The number of carboxylic acid groups (broad SMARTS) is 1. The largest absolute Gasteiger partial charge is 0.493 e. The van der Waals surface area contributed by atoms with E-state index in [1.54, 1.807) is 25.1 Å². The molecule has 0 unspecified atom stereocenters. The molecule has 0 aliphatic carbocycles. The van der Waals surface area contributed by atoms with E-state index in [0.717, 1.165) is 11.3 Å². The number of carbonyl (C=O) groups is 4. The number of hydrogen-bond donors (Lipinski definition) is 1. The highest BCUT2D eigenvalue weighted by Gasteiger charge is 2.23. The first-order valence-corrected chi connectivity index (χ1v) is 15.4. The van der Waals surface area contributed by atoms with E-state index in [1.807, 2.05) is 0 Å². The molecule has 4 rings (SSSR count). The number of ketones is 3. The van der Waals surface area contributed by atoms with Gasteiger partial charge in [-0.2, -0.15) is 0 Å². The summed E-state index contributed by atoms with van der Waals surface area (Å²) >= 11 is 2.33. The highest BCUT2D eigenvalue weighted by molar-refractivity contribution is 7.21. The van der Waals surface area contributed by atoms with Crippen molar-refractivity contribution in [2.75, 3.05) is 27.4 Å². The van der Waals surface area contributed by atoms with E-state index in [9.17, 15) is 19.2 Å². The predicted molar refractivity (Wildman–Crippen MR) is 165 cm³/mol. The van der Waals surface area contributed by atoms with Crippen molar-refractivity contribution < 1.29 is 47.6 Å². The van der Waals surface area contributed by atoms with E-state index in [0.29, 0.717) is 36.8 Å². The summed E-state index contributed by atoms with van der Waals surface area (Å²) in [7, 11) is 2.86. The van der Waals surface area contributed by atoms with Gasteiger partial charge in [0.1, 0.15) is 5.78 Å². The van der Waals surface area contributed by atoms with Crippen molar-refractivity contribution >= 4 is 66.3 Å². The van der Waals surface area contributed by atoms with E-state index in [4.69, 9.17) is 24.1 Å². The van der Waals surface area contributed by atoms with Gasteiger partial charge < -0.3 is 24.1 Å². The summed E-state index contributed by atoms with van der Waals surface area (Å²) in [5, 5.41) is 9.33. The average molecular weight is 646 g/mol. The topological polar surface area (TPSA) is 138 Å². The maximum absolute atomic E-state index is 15.5. The second-order valence-electron chi connectivity index (χ2n) is 10.3. The number of hydrogen-bond acceptors (Lipinski definition) is 11. The Kier molecular flexibility index (Phi) is 10.5. The van der Waals surface area contributed by atoms with Gasteiger partial charge in [0, 0.05) is 47.4 Å². The van der Waals surface area contributed by atoms with Gasteiger partial charge in [-0.05, 0) is 19.1 Å². The molecule has 0 radical (unpaired) electrons. The van der Waals surface area contributed by atoms with Gasteiger partial charge in [0.2, 0.25) is 0 Å². The molecular formula is C31H32FNO9S2. The summed E-state index contributed by atoms with van der Waals surface area (Å²) in [6.45, 7) is 4.83. The molecule has 4 aromatic rings. The number of ether oxygens (including phenoxy) is 4. The molecular weight excluding hydrogens is 613 g/mol. The first kappa shape index (κ1) is 32.8. The maximum Gasteiger partial charge on any atom is 0.306 e. The normalized spacial score (nSPS) is 12.6. The van der Waals surface area contributed by atoms with Gasteiger partial charge in [0.15, 0.2) is 34.6 Å². The lowest BCUT2D eigenvalue weighted by Gasteiger charge is -2.13. The number of halogens is 1. The van der Waals surface area contributed by atoms with Gasteiger partial charge in [-0.1, -0.05) is 13.8 Å². The first-order valence-electron chi connectivity index (χ1n) is 13.8. The van der Waals surface area contributed by atoms with Crippen LogP contribution in [0, 0.1) is 17.7 Å². The predicted octanol–water partition coefficient (Wildman–Crippen LogP) is 6.61. The van der Waals surface area contributed by atoms with Crippen molar-refractivity contribution in [2.24, 2.45) is 11.8 Å². The Bertz CT molecular complexity index is 1730. The molecule has 1 aromatic carbocycles. The van der Waals surface area contributed by atoms with Crippen molar-refractivity contribution in [1.82, 2.24) is 4.98 Å². The molecule has 3 heterocycles.